The number of benzene rings is 1. The van der Waals surface area contributed by atoms with Crippen molar-refractivity contribution in [3.8, 4) is 0 Å². The van der Waals surface area contributed by atoms with E-state index in [4.69, 9.17) is 0 Å². The molecule has 1 aromatic rings. The van der Waals surface area contributed by atoms with Gasteiger partial charge in [0.2, 0.25) is 0 Å². The SMILES string of the molecule is C=CCNC(=O)C(F)(F)CC(=O)c1ccccc1. The van der Waals surface area contributed by atoms with Crippen molar-refractivity contribution in [1.82, 2.24) is 5.32 Å². The van der Waals surface area contributed by atoms with Gasteiger partial charge in [0.25, 0.3) is 5.91 Å². The standard InChI is InChI=1S/C13H13F2NO2/c1-2-8-16-12(18)13(14,15)9-11(17)10-6-4-3-5-7-10/h2-7H,1,8-9H2,(H,16,18). The number of rotatable bonds is 6. The smallest absolute Gasteiger partial charge is 0.331 e. The highest BCUT2D eigenvalue weighted by molar-refractivity contribution is 6.00. The van der Waals surface area contributed by atoms with Crippen LogP contribution in [0.3, 0.4) is 0 Å². The predicted octanol–water partition coefficient (Wildman–Crippen LogP) is 2.20. The first-order valence-corrected chi connectivity index (χ1v) is 5.32. The first-order valence-electron chi connectivity index (χ1n) is 5.32. The summed E-state index contributed by atoms with van der Waals surface area (Å²) in [6, 6.07) is 7.68. The summed E-state index contributed by atoms with van der Waals surface area (Å²) in [5, 5.41) is 1.97. The van der Waals surface area contributed by atoms with E-state index < -0.39 is 24.0 Å². The Hall–Kier alpha value is -2.04. The van der Waals surface area contributed by atoms with Crippen LogP contribution in [-0.2, 0) is 4.79 Å². The third kappa shape index (κ3) is 3.76. The van der Waals surface area contributed by atoms with Gasteiger partial charge in [0.15, 0.2) is 5.78 Å². The van der Waals surface area contributed by atoms with Crippen LogP contribution in [0.15, 0.2) is 43.0 Å². The molecule has 0 aliphatic heterocycles. The topological polar surface area (TPSA) is 46.2 Å². The predicted molar refractivity (Wildman–Crippen MR) is 63.5 cm³/mol. The highest BCUT2D eigenvalue weighted by Gasteiger charge is 2.40. The van der Waals surface area contributed by atoms with Crippen LogP contribution in [-0.4, -0.2) is 24.2 Å². The largest absolute Gasteiger partial charge is 0.347 e. The number of amides is 1. The Morgan fingerprint density at radius 2 is 1.89 bits per heavy atom. The number of hydrogen-bond acceptors (Lipinski definition) is 2. The minimum Gasteiger partial charge on any atom is -0.347 e. The van der Waals surface area contributed by atoms with Crippen molar-refractivity contribution in [3.63, 3.8) is 0 Å². The fraction of sp³-hybridized carbons (Fsp3) is 0.231. The number of hydrogen-bond donors (Lipinski definition) is 1. The second kappa shape index (κ2) is 6.05. The van der Waals surface area contributed by atoms with Crippen LogP contribution in [0, 0.1) is 0 Å². The number of carbonyl (C=O) groups is 2. The lowest BCUT2D eigenvalue weighted by Crippen LogP contribution is -2.41. The van der Waals surface area contributed by atoms with Crippen LogP contribution in [0.1, 0.15) is 16.8 Å². The molecular weight excluding hydrogens is 240 g/mol. The van der Waals surface area contributed by atoms with Gasteiger partial charge in [0.1, 0.15) is 0 Å². The van der Waals surface area contributed by atoms with Crippen LogP contribution >= 0.6 is 0 Å². The molecule has 0 aliphatic rings. The van der Waals surface area contributed by atoms with Crippen molar-refractivity contribution >= 4 is 11.7 Å². The van der Waals surface area contributed by atoms with E-state index in [0.717, 1.165) is 0 Å². The normalized spacial score (nSPS) is 10.8. The van der Waals surface area contributed by atoms with Crippen LogP contribution in [0.2, 0.25) is 0 Å². The molecule has 96 valence electrons. The molecule has 0 saturated heterocycles. The molecule has 0 unspecified atom stereocenters. The van der Waals surface area contributed by atoms with Crippen LogP contribution < -0.4 is 5.32 Å². The van der Waals surface area contributed by atoms with E-state index in [1.807, 2.05) is 5.32 Å². The average molecular weight is 253 g/mol. The Balaban J connectivity index is 2.68. The lowest BCUT2D eigenvalue weighted by Gasteiger charge is -2.14. The monoisotopic (exact) mass is 253 g/mol. The number of ketones is 1. The summed E-state index contributed by atoms with van der Waals surface area (Å²) < 4.78 is 26.8. The molecule has 0 saturated carbocycles. The molecule has 1 amide bonds. The fourth-order valence-electron chi connectivity index (χ4n) is 1.30. The summed E-state index contributed by atoms with van der Waals surface area (Å²) in [6.45, 7) is 3.24. The van der Waals surface area contributed by atoms with E-state index in [2.05, 4.69) is 6.58 Å². The second-order valence-corrected chi connectivity index (χ2v) is 3.67. The lowest BCUT2D eigenvalue weighted by molar-refractivity contribution is -0.144. The summed E-state index contributed by atoms with van der Waals surface area (Å²) >= 11 is 0. The highest BCUT2D eigenvalue weighted by Crippen LogP contribution is 2.21. The number of nitrogens with one attached hydrogen (secondary N) is 1. The Kier molecular flexibility index (Phi) is 4.71. The molecular formula is C13H13F2NO2. The van der Waals surface area contributed by atoms with Gasteiger partial charge < -0.3 is 5.32 Å². The third-order valence-corrected chi connectivity index (χ3v) is 2.22. The zero-order valence-corrected chi connectivity index (χ0v) is 9.66. The maximum absolute atomic E-state index is 13.4. The van der Waals surface area contributed by atoms with Crippen molar-refractivity contribution in [1.29, 1.82) is 0 Å². The van der Waals surface area contributed by atoms with E-state index in [-0.39, 0.29) is 12.1 Å². The van der Waals surface area contributed by atoms with Crippen molar-refractivity contribution in [2.24, 2.45) is 0 Å². The van der Waals surface area contributed by atoms with Gasteiger partial charge >= 0.3 is 5.92 Å². The van der Waals surface area contributed by atoms with E-state index >= 15 is 0 Å². The molecule has 1 rings (SSSR count). The van der Waals surface area contributed by atoms with E-state index in [1.165, 1.54) is 18.2 Å². The average Bonchev–Trinajstić information content (AvgIpc) is 2.36. The molecule has 0 spiro atoms. The Bertz CT molecular complexity index is 444. The van der Waals surface area contributed by atoms with Gasteiger partial charge in [-0.1, -0.05) is 36.4 Å². The van der Waals surface area contributed by atoms with E-state index in [1.54, 1.807) is 18.2 Å². The summed E-state index contributed by atoms with van der Waals surface area (Å²) in [4.78, 5) is 22.7. The van der Waals surface area contributed by atoms with Gasteiger partial charge in [-0.05, 0) is 0 Å². The van der Waals surface area contributed by atoms with Crippen molar-refractivity contribution in [2.75, 3.05) is 6.54 Å². The molecule has 1 aromatic carbocycles. The molecule has 0 radical (unpaired) electrons. The van der Waals surface area contributed by atoms with Crippen LogP contribution in [0.25, 0.3) is 0 Å². The summed E-state index contributed by atoms with van der Waals surface area (Å²) in [6.07, 6.45) is 0.146. The van der Waals surface area contributed by atoms with Gasteiger partial charge in [-0.25, -0.2) is 0 Å². The molecule has 1 N–H and O–H groups in total. The number of carbonyl (C=O) groups excluding carboxylic acids is 2. The van der Waals surface area contributed by atoms with Gasteiger partial charge in [0.05, 0.1) is 6.42 Å². The van der Waals surface area contributed by atoms with E-state index in [0.29, 0.717) is 0 Å². The summed E-state index contributed by atoms with van der Waals surface area (Å²) in [5.41, 5.74) is 0.161. The molecule has 0 aromatic heterocycles. The zero-order chi connectivity index (χ0) is 13.6. The minimum absolute atomic E-state index is 0.0616. The van der Waals surface area contributed by atoms with Crippen molar-refractivity contribution in [2.45, 2.75) is 12.3 Å². The molecule has 5 heteroatoms. The Morgan fingerprint density at radius 1 is 1.28 bits per heavy atom. The second-order valence-electron chi connectivity index (χ2n) is 3.67. The maximum atomic E-state index is 13.4. The molecule has 3 nitrogen and oxygen atoms in total. The van der Waals surface area contributed by atoms with Gasteiger partial charge in [0, 0.05) is 12.1 Å². The number of Topliss-reactive ketones (excluding diaryl/α,β-unsaturated/α-hetero) is 1. The molecule has 0 heterocycles. The molecule has 0 atom stereocenters. The first kappa shape index (κ1) is 14.0. The quantitative estimate of drug-likeness (QED) is 0.624. The molecule has 0 aliphatic carbocycles. The van der Waals surface area contributed by atoms with Crippen LogP contribution in [0.4, 0.5) is 8.78 Å². The molecule has 18 heavy (non-hydrogen) atoms. The lowest BCUT2D eigenvalue weighted by atomic mass is 10.0. The van der Waals surface area contributed by atoms with Crippen molar-refractivity contribution < 1.29 is 18.4 Å². The van der Waals surface area contributed by atoms with Crippen LogP contribution in [0.5, 0.6) is 0 Å². The third-order valence-electron chi connectivity index (χ3n) is 2.22. The van der Waals surface area contributed by atoms with Gasteiger partial charge in [-0.3, -0.25) is 9.59 Å². The maximum Gasteiger partial charge on any atom is 0.331 e. The van der Waals surface area contributed by atoms with Crippen molar-refractivity contribution in [3.05, 3.63) is 48.6 Å². The Morgan fingerprint density at radius 3 is 2.44 bits per heavy atom. The summed E-state index contributed by atoms with van der Waals surface area (Å²) in [7, 11) is 0. The number of alkyl halides is 2. The summed E-state index contributed by atoms with van der Waals surface area (Å²) in [5.74, 6) is -5.95. The highest BCUT2D eigenvalue weighted by atomic mass is 19.3. The number of halogens is 2. The zero-order valence-electron chi connectivity index (χ0n) is 9.66. The van der Waals surface area contributed by atoms with Gasteiger partial charge in [-0.2, -0.15) is 8.78 Å². The fourth-order valence-corrected chi connectivity index (χ4v) is 1.30. The molecule has 0 bridgehead atoms. The Labute approximate surface area is 104 Å². The van der Waals surface area contributed by atoms with E-state index in [9.17, 15) is 18.4 Å². The first-order chi connectivity index (χ1) is 8.47. The minimum atomic E-state index is -3.71. The molecule has 0 fully saturated rings. The van der Waals surface area contributed by atoms with Gasteiger partial charge in [-0.15, -0.1) is 6.58 Å².